The molecule has 92 valence electrons. The Bertz CT molecular complexity index is 439. The zero-order valence-corrected chi connectivity index (χ0v) is 11.8. The molecule has 5 heteroatoms. The minimum Gasteiger partial charge on any atom is -0.377 e. The van der Waals surface area contributed by atoms with E-state index in [0.717, 1.165) is 4.47 Å². The average Bonchev–Trinajstić information content (AvgIpc) is 2.32. The number of nitrogens with zero attached hydrogens (tertiary/aromatic N) is 1. The molecule has 0 aromatic heterocycles. The van der Waals surface area contributed by atoms with Crippen LogP contribution in [0, 0.1) is 0 Å². The van der Waals surface area contributed by atoms with Crippen molar-refractivity contribution in [2.45, 2.75) is 13.0 Å². The van der Waals surface area contributed by atoms with Crippen molar-refractivity contribution in [3.05, 3.63) is 33.3 Å². The van der Waals surface area contributed by atoms with Crippen LogP contribution in [0.3, 0.4) is 0 Å². The summed E-state index contributed by atoms with van der Waals surface area (Å²) in [7, 11) is 0. The van der Waals surface area contributed by atoms with Crippen molar-refractivity contribution in [1.29, 1.82) is 0 Å². The molecule has 0 N–H and O–H groups in total. The zero-order chi connectivity index (χ0) is 12.4. The molecule has 0 saturated carbocycles. The minimum absolute atomic E-state index is 0.0351. The van der Waals surface area contributed by atoms with Crippen molar-refractivity contribution in [3.63, 3.8) is 0 Å². The maximum absolute atomic E-state index is 12.3. The van der Waals surface area contributed by atoms with Gasteiger partial charge in [0.15, 0.2) is 0 Å². The van der Waals surface area contributed by atoms with Crippen LogP contribution in [0.15, 0.2) is 22.7 Å². The maximum atomic E-state index is 12.3. The fraction of sp³-hybridized carbons (Fsp3) is 0.417. The van der Waals surface area contributed by atoms with Gasteiger partial charge in [0.1, 0.15) is 0 Å². The van der Waals surface area contributed by atoms with Gasteiger partial charge in [-0.05, 0) is 25.1 Å². The van der Waals surface area contributed by atoms with Crippen molar-refractivity contribution >= 4 is 33.4 Å². The molecule has 1 heterocycles. The second kappa shape index (κ2) is 5.38. The second-order valence-corrected chi connectivity index (χ2v) is 5.37. The van der Waals surface area contributed by atoms with Crippen LogP contribution in [0.5, 0.6) is 0 Å². The molecule has 0 bridgehead atoms. The fourth-order valence-corrected chi connectivity index (χ4v) is 2.40. The number of amides is 1. The van der Waals surface area contributed by atoms with E-state index in [1.165, 1.54) is 0 Å². The number of carbonyl (C=O) groups is 1. The van der Waals surface area contributed by atoms with Crippen molar-refractivity contribution in [2.24, 2.45) is 0 Å². The molecule has 0 radical (unpaired) electrons. The molecule has 17 heavy (non-hydrogen) atoms. The highest BCUT2D eigenvalue weighted by molar-refractivity contribution is 9.10. The number of halogens is 2. The molecular weight excluding hydrogens is 305 g/mol. The summed E-state index contributed by atoms with van der Waals surface area (Å²) in [5.41, 5.74) is 0.537. The Kier molecular flexibility index (Phi) is 4.07. The molecular formula is C12H13BrClNO2. The Hall–Kier alpha value is -0.580. The van der Waals surface area contributed by atoms with Gasteiger partial charge in [0.25, 0.3) is 5.91 Å². The first kappa shape index (κ1) is 12.9. The van der Waals surface area contributed by atoms with E-state index in [1.807, 2.05) is 13.0 Å². The molecule has 1 aromatic rings. The molecule has 1 atom stereocenters. The SMILES string of the molecule is C[C@@H]1COCCN1C(=O)c1cc(Br)ccc1Cl. The van der Waals surface area contributed by atoms with Gasteiger partial charge >= 0.3 is 0 Å². The number of benzene rings is 1. The number of rotatable bonds is 1. The molecule has 1 amide bonds. The largest absolute Gasteiger partial charge is 0.377 e. The highest BCUT2D eigenvalue weighted by Crippen LogP contribution is 2.23. The molecule has 2 rings (SSSR count). The van der Waals surface area contributed by atoms with Gasteiger partial charge < -0.3 is 9.64 Å². The summed E-state index contributed by atoms with van der Waals surface area (Å²) in [6.45, 7) is 3.75. The molecule has 1 aromatic carbocycles. The van der Waals surface area contributed by atoms with Crippen LogP contribution in [0.4, 0.5) is 0 Å². The number of carbonyl (C=O) groups excluding carboxylic acids is 1. The summed E-state index contributed by atoms with van der Waals surface area (Å²) in [5, 5.41) is 0.483. The highest BCUT2D eigenvalue weighted by Gasteiger charge is 2.26. The Labute approximate surface area is 114 Å². The summed E-state index contributed by atoms with van der Waals surface area (Å²) >= 11 is 9.41. The first-order valence-electron chi connectivity index (χ1n) is 5.43. The summed E-state index contributed by atoms with van der Waals surface area (Å²) in [6.07, 6.45) is 0. The van der Waals surface area contributed by atoms with E-state index in [0.29, 0.717) is 30.3 Å². The van der Waals surface area contributed by atoms with Crippen LogP contribution in [-0.2, 0) is 4.74 Å². The lowest BCUT2D eigenvalue weighted by Gasteiger charge is -2.33. The second-order valence-electron chi connectivity index (χ2n) is 4.05. The van der Waals surface area contributed by atoms with E-state index in [2.05, 4.69) is 15.9 Å². The van der Waals surface area contributed by atoms with Crippen molar-refractivity contribution in [1.82, 2.24) is 4.90 Å². The van der Waals surface area contributed by atoms with Gasteiger partial charge in [-0.25, -0.2) is 0 Å². The minimum atomic E-state index is -0.0351. The lowest BCUT2D eigenvalue weighted by molar-refractivity contribution is 0.00360. The zero-order valence-electron chi connectivity index (χ0n) is 9.45. The number of morpholine rings is 1. The van der Waals surface area contributed by atoms with Crippen LogP contribution in [0.2, 0.25) is 5.02 Å². The normalized spacial score (nSPS) is 20.4. The lowest BCUT2D eigenvalue weighted by atomic mass is 10.1. The topological polar surface area (TPSA) is 29.5 Å². The molecule has 0 unspecified atom stereocenters. The van der Waals surface area contributed by atoms with Crippen molar-refractivity contribution in [3.8, 4) is 0 Å². The van der Waals surface area contributed by atoms with Crippen LogP contribution in [0.25, 0.3) is 0 Å². The van der Waals surface area contributed by atoms with Gasteiger partial charge in [-0.3, -0.25) is 4.79 Å². The lowest BCUT2D eigenvalue weighted by Crippen LogP contribution is -2.47. The van der Waals surface area contributed by atoms with Crippen LogP contribution >= 0.6 is 27.5 Å². The third-order valence-electron chi connectivity index (χ3n) is 2.79. The molecule has 1 fully saturated rings. The molecule has 1 aliphatic rings. The predicted molar refractivity (Wildman–Crippen MR) is 70.5 cm³/mol. The van der Waals surface area contributed by atoms with Crippen molar-refractivity contribution in [2.75, 3.05) is 19.8 Å². The number of hydrogen-bond acceptors (Lipinski definition) is 2. The van der Waals surface area contributed by atoms with E-state index in [-0.39, 0.29) is 11.9 Å². The van der Waals surface area contributed by atoms with E-state index >= 15 is 0 Å². The highest BCUT2D eigenvalue weighted by atomic mass is 79.9. The number of hydrogen-bond donors (Lipinski definition) is 0. The monoisotopic (exact) mass is 317 g/mol. The van der Waals surface area contributed by atoms with E-state index in [4.69, 9.17) is 16.3 Å². The molecule has 1 saturated heterocycles. The summed E-state index contributed by atoms with van der Waals surface area (Å²) in [6, 6.07) is 5.39. The summed E-state index contributed by atoms with van der Waals surface area (Å²) in [5.74, 6) is -0.0351. The Balaban J connectivity index is 2.26. The van der Waals surface area contributed by atoms with Gasteiger partial charge in [0.2, 0.25) is 0 Å². The Morgan fingerprint density at radius 1 is 1.59 bits per heavy atom. The van der Waals surface area contributed by atoms with Gasteiger partial charge in [-0.15, -0.1) is 0 Å². The third kappa shape index (κ3) is 2.81. The Morgan fingerprint density at radius 2 is 2.35 bits per heavy atom. The van der Waals surface area contributed by atoms with Crippen LogP contribution in [0.1, 0.15) is 17.3 Å². The van der Waals surface area contributed by atoms with Gasteiger partial charge in [-0.1, -0.05) is 27.5 Å². The molecule has 0 aliphatic carbocycles. The fourth-order valence-electron chi connectivity index (χ4n) is 1.84. The van der Waals surface area contributed by atoms with Crippen LogP contribution in [-0.4, -0.2) is 36.6 Å². The quantitative estimate of drug-likeness (QED) is 0.797. The molecule has 0 spiro atoms. The summed E-state index contributed by atoms with van der Waals surface area (Å²) < 4.78 is 6.17. The first-order valence-corrected chi connectivity index (χ1v) is 6.60. The standard InChI is InChI=1S/C12H13BrClNO2/c1-8-7-17-5-4-15(8)12(16)10-6-9(13)2-3-11(10)14/h2-3,6,8H,4-5,7H2,1H3/t8-/m1/s1. The summed E-state index contributed by atoms with van der Waals surface area (Å²) in [4.78, 5) is 14.2. The smallest absolute Gasteiger partial charge is 0.255 e. The van der Waals surface area contributed by atoms with Crippen molar-refractivity contribution < 1.29 is 9.53 Å². The Morgan fingerprint density at radius 3 is 3.06 bits per heavy atom. The van der Waals surface area contributed by atoms with E-state index < -0.39 is 0 Å². The first-order chi connectivity index (χ1) is 8.09. The van der Waals surface area contributed by atoms with E-state index in [1.54, 1.807) is 17.0 Å². The van der Waals surface area contributed by atoms with Gasteiger partial charge in [-0.2, -0.15) is 0 Å². The molecule has 3 nitrogen and oxygen atoms in total. The molecule has 1 aliphatic heterocycles. The number of ether oxygens (including phenoxy) is 1. The predicted octanol–water partition coefficient (Wildman–Crippen LogP) is 2.96. The van der Waals surface area contributed by atoms with Gasteiger partial charge in [0, 0.05) is 11.0 Å². The van der Waals surface area contributed by atoms with E-state index in [9.17, 15) is 4.79 Å². The maximum Gasteiger partial charge on any atom is 0.255 e. The van der Waals surface area contributed by atoms with Gasteiger partial charge in [0.05, 0.1) is 29.8 Å². The average molecular weight is 319 g/mol. The van der Waals surface area contributed by atoms with Crippen LogP contribution < -0.4 is 0 Å². The third-order valence-corrected chi connectivity index (χ3v) is 3.61.